The number of nitrogens with zero attached hydrogens (tertiary/aromatic N) is 2. The van der Waals surface area contributed by atoms with Crippen molar-refractivity contribution in [1.29, 1.82) is 0 Å². The Hall–Kier alpha value is -1.91. The summed E-state index contributed by atoms with van der Waals surface area (Å²) in [6, 6.07) is 14.9. The highest BCUT2D eigenvalue weighted by Gasteiger charge is 2.27. The van der Waals surface area contributed by atoms with Crippen molar-refractivity contribution < 1.29 is 9.18 Å². The number of carbonyl (C=O) groups is 1. The van der Waals surface area contributed by atoms with E-state index < -0.39 is 5.82 Å². The van der Waals surface area contributed by atoms with Gasteiger partial charge in [0, 0.05) is 32.2 Å². The van der Waals surface area contributed by atoms with Crippen molar-refractivity contribution in [2.24, 2.45) is 0 Å². The van der Waals surface area contributed by atoms with Gasteiger partial charge in [0.25, 0.3) is 5.91 Å². The zero-order valence-corrected chi connectivity index (χ0v) is 14.3. The number of amides is 1. The molecule has 0 radical (unpaired) electrons. The van der Waals surface area contributed by atoms with Crippen LogP contribution < -0.4 is 0 Å². The SMILES string of the molecule is CC(c1ccccc1)N1CCN(C(=O)c2c(F)cccc2Cl)CC1. The van der Waals surface area contributed by atoms with Gasteiger partial charge >= 0.3 is 0 Å². The zero-order chi connectivity index (χ0) is 17.1. The third kappa shape index (κ3) is 3.45. The topological polar surface area (TPSA) is 23.6 Å². The largest absolute Gasteiger partial charge is 0.336 e. The summed E-state index contributed by atoms with van der Waals surface area (Å²) in [4.78, 5) is 16.6. The highest BCUT2D eigenvalue weighted by molar-refractivity contribution is 6.33. The molecule has 1 atom stereocenters. The first-order valence-corrected chi connectivity index (χ1v) is 8.48. The Bertz CT molecular complexity index is 694. The molecule has 1 amide bonds. The Morgan fingerprint density at radius 2 is 1.71 bits per heavy atom. The molecule has 24 heavy (non-hydrogen) atoms. The first kappa shape index (κ1) is 16.9. The lowest BCUT2D eigenvalue weighted by Crippen LogP contribution is -2.49. The van der Waals surface area contributed by atoms with Gasteiger partial charge in [-0.3, -0.25) is 9.69 Å². The molecule has 3 nitrogen and oxygen atoms in total. The van der Waals surface area contributed by atoms with Crippen molar-refractivity contribution in [3.63, 3.8) is 0 Å². The molecule has 0 N–H and O–H groups in total. The van der Waals surface area contributed by atoms with Gasteiger partial charge in [-0.15, -0.1) is 0 Å². The summed E-state index contributed by atoms with van der Waals surface area (Å²) in [7, 11) is 0. The lowest BCUT2D eigenvalue weighted by molar-refractivity contribution is 0.0578. The van der Waals surface area contributed by atoms with Crippen LogP contribution in [0.1, 0.15) is 28.9 Å². The molecule has 1 aliphatic rings. The molecule has 0 aliphatic carbocycles. The molecule has 0 bridgehead atoms. The fourth-order valence-electron chi connectivity index (χ4n) is 3.11. The molecular weight excluding hydrogens is 327 g/mol. The maximum atomic E-state index is 13.9. The van der Waals surface area contributed by atoms with Gasteiger partial charge in [0.1, 0.15) is 5.82 Å². The fourth-order valence-corrected chi connectivity index (χ4v) is 3.36. The van der Waals surface area contributed by atoms with Crippen LogP contribution in [-0.2, 0) is 0 Å². The van der Waals surface area contributed by atoms with Crippen LogP contribution in [0.4, 0.5) is 4.39 Å². The van der Waals surface area contributed by atoms with Gasteiger partial charge in [0.15, 0.2) is 0 Å². The molecule has 2 aromatic carbocycles. The number of hydrogen-bond donors (Lipinski definition) is 0. The van der Waals surface area contributed by atoms with Crippen molar-refractivity contribution in [1.82, 2.24) is 9.80 Å². The quantitative estimate of drug-likeness (QED) is 0.838. The number of halogens is 2. The predicted octanol–water partition coefficient (Wildman–Crippen LogP) is 4.00. The molecular formula is C19H20ClFN2O. The molecule has 1 aliphatic heterocycles. The van der Waals surface area contributed by atoms with E-state index in [1.807, 2.05) is 18.2 Å². The van der Waals surface area contributed by atoms with Crippen molar-refractivity contribution in [3.8, 4) is 0 Å². The number of hydrogen-bond acceptors (Lipinski definition) is 2. The predicted molar refractivity (Wildman–Crippen MR) is 93.7 cm³/mol. The Balaban J connectivity index is 1.66. The van der Waals surface area contributed by atoms with E-state index in [-0.39, 0.29) is 16.5 Å². The van der Waals surface area contributed by atoms with Crippen LogP contribution in [0.3, 0.4) is 0 Å². The monoisotopic (exact) mass is 346 g/mol. The molecule has 1 unspecified atom stereocenters. The zero-order valence-electron chi connectivity index (χ0n) is 13.6. The second-order valence-electron chi connectivity index (χ2n) is 6.01. The van der Waals surface area contributed by atoms with E-state index in [0.717, 1.165) is 13.1 Å². The summed E-state index contributed by atoms with van der Waals surface area (Å²) in [6.45, 7) is 4.82. The van der Waals surface area contributed by atoms with Gasteiger partial charge in [0.05, 0.1) is 10.6 Å². The maximum absolute atomic E-state index is 13.9. The molecule has 0 saturated carbocycles. The lowest BCUT2D eigenvalue weighted by Gasteiger charge is -2.38. The number of rotatable bonds is 3. The minimum absolute atomic E-state index is 0.0243. The third-order valence-corrected chi connectivity index (χ3v) is 4.92. The first-order valence-electron chi connectivity index (χ1n) is 8.10. The molecule has 5 heteroatoms. The molecule has 3 rings (SSSR count). The molecule has 126 valence electrons. The van der Waals surface area contributed by atoms with E-state index in [2.05, 4.69) is 24.0 Å². The van der Waals surface area contributed by atoms with E-state index in [0.29, 0.717) is 19.1 Å². The van der Waals surface area contributed by atoms with Crippen molar-refractivity contribution in [3.05, 3.63) is 70.5 Å². The van der Waals surface area contributed by atoms with E-state index in [4.69, 9.17) is 11.6 Å². The van der Waals surface area contributed by atoms with Crippen molar-refractivity contribution in [2.45, 2.75) is 13.0 Å². The molecule has 1 heterocycles. The van der Waals surface area contributed by atoms with Crippen LogP contribution in [0, 0.1) is 5.82 Å². The second kappa shape index (κ2) is 7.32. The fraction of sp³-hybridized carbons (Fsp3) is 0.316. The molecule has 1 saturated heterocycles. The van der Waals surface area contributed by atoms with Crippen LogP contribution in [0.15, 0.2) is 48.5 Å². The van der Waals surface area contributed by atoms with Gasteiger partial charge in [-0.25, -0.2) is 4.39 Å². The van der Waals surface area contributed by atoms with Crippen LogP contribution in [0.2, 0.25) is 5.02 Å². The Kier molecular flexibility index (Phi) is 5.17. The molecule has 0 aromatic heterocycles. The van der Waals surface area contributed by atoms with E-state index in [1.165, 1.54) is 17.7 Å². The number of piperazine rings is 1. The van der Waals surface area contributed by atoms with Gasteiger partial charge in [-0.1, -0.05) is 48.0 Å². The van der Waals surface area contributed by atoms with Crippen molar-refractivity contribution in [2.75, 3.05) is 26.2 Å². The average molecular weight is 347 g/mol. The average Bonchev–Trinajstić information content (AvgIpc) is 2.62. The summed E-state index contributed by atoms with van der Waals surface area (Å²) < 4.78 is 13.9. The van der Waals surface area contributed by atoms with Crippen LogP contribution in [0.5, 0.6) is 0 Å². The lowest BCUT2D eigenvalue weighted by atomic mass is 10.1. The standard InChI is InChI=1S/C19H20ClFN2O/c1-14(15-6-3-2-4-7-15)22-10-12-23(13-11-22)19(24)18-16(20)8-5-9-17(18)21/h2-9,14H,10-13H2,1H3. The summed E-state index contributed by atoms with van der Waals surface area (Å²) in [5.74, 6) is -0.891. The smallest absolute Gasteiger partial charge is 0.258 e. The highest BCUT2D eigenvalue weighted by Crippen LogP contribution is 2.24. The second-order valence-corrected chi connectivity index (χ2v) is 6.42. The summed E-state index contributed by atoms with van der Waals surface area (Å²) in [5, 5.41) is 0.167. The van der Waals surface area contributed by atoms with Crippen LogP contribution in [0.25, 0.3) is 0 Å². The van der Waals surface area contributed by atoms with Crippen molar-refractivity contribution >= 4 is 17.5 Å². The Morgan fingerprint density at radius 1 is 1.04 bits per heavy atom. The molecule has 1 fully saturated rings. The van der Waals surface area contributed by atoms with Gasteiger partial charge in [-0.2, -0.15) is 0 Å². The summed E-state index contributed by atoms with van der Waals surface area (Å²) >= 11 is 6.00. The molecule has 0 spiro atoms. The van der Waals surface area contributed by atoms with Crippen LogP contribution in [-0.4, -0.2) is 41.9 Å². The normalized spacial score (nSPS) is 16.9. The summed E-state index contributed by atoms with van der Waals surface area (Å²) in [5.41, 5.74) is 1.23. The molecule has 2 aromatic rings. The number of benzene rings is 2. The van der Waals surface area contributed by atoms with Gasteiger partial charge in [-0.05, 0) is 24.6 Å². The van der Waals surface area contributed by atoms with E-state index in [9.17, 15) is 9.18 Å². The van der Waals surface area contributed by atoms with E-state index >= 15 is 0 Å². The maximum Gasteiger partial charge on any atom is 0.258 e. The summed E-state index contributed by atoms with van der Waals surface area (Å²) in [6.07, 6.45) is 0. The number of carbonyl (C=O) groups excluding carboxylic acids is 1. The Morgan fingerprint density at radius 3 is 2.33 bits per heavy atom. The minimum Gasteiger partial charge on any atom is -0.336 e. The van der Waals surface area contributed by atoms with Crippen LogP contribution >= 0.6 is 11.6 Å². The Labute approximate surface area is 146 Å². The first-order chi connectivity index (χ1) is 11.6. The van der Waals surface area contributed by atoms with Gasteiger partial charge in [0.2, 0.25) is 0 Å². The van der Waals surface area contributed by atoms with E-state index in [1.54, 1.807) is 11.0 Å². The third-order valence-electron chi connectivity index (χ3n) is 4.61. The van der Waals surface area contributed by atoms with Gasteiger partial charge < -0.3 is 4.90 Å². The minimum atomic E-state index is -0.562. The highest BCUT2D eigenvalue weighted by atomic mass is 35.5.